The maximum atomic E-state index is 12.4. The minimum atomic E-state index is -0.0141. The van der Waals surface area contributed by atoms with Gasteiger partial charge in [0.15, 0.2) is 0 Å². The van der Waals surface area contributed by atoms with Gasteiger partial charge in [0.1, 0.15) is 0 Å². The lowest BCUT2D eigenvalue weighted by atomic mass is 9.84. The van der Waals surface area contributed by atoms with Crippen molar-refractivity contribution in [2.24, 2.45) is 5.92 Å². The highest BCUT2D eigenvalue weighted by Gasteiger charge is 2.39. The first kappa shape index (κ1) is 17.1. The number of rotatable bonds is 4. The molecule has 3 rings (SSSR count). The molecule has 3 unspecified atom stereocenters. The van der Waals surface area contributed by atoms with Crippen LogP contribution in [0.4, 0.5) is 0 Å². The third kappa shape index (κ3) is 4.01. The third-order valence-electron chi connectivity index (χ3n) is 4.62. The highest BCUT2D eigenvalue weighted by Crippen LogP contribution is 2.39. The van der Waals surface area contributed by atoms with Gasteiger partial charge in [0.05, 0.1) is 4.91 Å². The van der Waals surface area contributed by atoms with Gasteiger partial charge < -0.3 is 10.6 Å². The van der Waals surface area contributed by atoms with E-state index >= 15 is 0 Å². The predicted octanol–water partition coefficient (Wildman–Crippen LogP) is 2.95. The van der Waals surface area contributed by atoms with Crippen LogP contribution in [0.1, 0.15) is 38.2 Å². The smallest absolute Gasteiger partial charge is 0.257 e. The topological polar surface area (TPSA) is 58.2 Å². The zero-order chi connectivity index (χ0) is 16.9. The minimum absolute atomic E-state index is 0.0141. The van der Waals surface area contributed by atoms with E-state index in [1.54, 1.807) is 11.8 Å². The number of hydrogen-bond donors (Lipinski definition) is 2. The Bertz CT molecular complexity index is 630. The molecule has 2 amide bonds. The van der Waals surface area contributed by atoms with E-state index in [9.17, 15) is 9.59 Å². The second-order valence-electron chi connectivity index (χ2n) is 6.46. The summed E-state index contributed by atoms with van der Waals surface area (Å²) in [7, 11) is 0. The second-order valence-corrected chi connectivity index (χ2v) is 7.74. The third-order valence-corrected chi connectivity index (χ3v) is 6.05. The minimum Gasteiger partial charge on any atom is -0.356 e. The van der Waals surface area contributed by atoms with Crippen LogP contribution in [0.3, 0.4) is 0 Å². The number of nitrogens with one attached hydrogen (secondary N) is 2. The van der Waals surface area contributed by atoms with Crippen molar-refractivity contribution in [2.45, 2.75) is 43.9 Å². The van der Waals surface area contributed by atoms with Crippen LogP contribution in [0.25, 0.3) is 6.08 Å². The molecule has 2 fully saturated rings. The first-order valence-electron chi connectivity index (χ1n) is 8.69. The maximum Gasteiger partial charge on any atom is 0.257 e. The maximum absolute atomic E-state index is 12.4. The number of thioether (sulfide) groups is 1. The first-order chi connectivity index (χ1) is 11.7. The molecule has 4 nitrogen and oxygen atoms in total. The molecule has 0 spiro atoms. The molecule has 2 N–H and O–H groups in total. The number of carbonyl (C=O) groups excluding carboxylic acids is 2. The van der Waals surface area contributed by atoms with Gasteiger partial charge in [-0.3, -0.25) is 9.59 Å². The summed E-state index contributed by atoms with van der Waals surface area (Å²) < 4.78 is 0. The summed E-state index contributed by atoms with van der Waals surface area (Å²) in [5.41, 5.74) is 1.04. The first-order valence-corrected chi connectivity index (χ1v) is 9.57. The Morgan fingerprint density at radius 2 is 2.12 bits per heavy atom. The van der Waals surface area contributed by atoms with E-state index in [0.29, 0.717) is 5.25 Å². The normalized spacial score (nSPS) is 28.1. The summed E-state index contributed by atoms with van der Waals surface area (Å²) in [6.45, 7) is 2.78. The van der Waals surface area contributed by atoms with Crippen LogP contribution >= 0.6 is 11.8 Å². The van der Waals surface area contributed by atoms with Gasteiger partial charge in [-0.15, -0.1) is 11.8 Å². The van der Waals surface area contributed by atoms with Crippen LogP contribution in [-0.4, -0.2) is 29.7 Å². The van der Waals surface area contributed by atoms with Crippen LogP contribution in [0.15, 0.2) is 35.2 Å². The van der Waals surface area contributed by atoms with Gasteiger partial charge in [-0.25, -0.2) is 0 Å². The molecular formula is C19H24N2O2S. The number of hydrogen-bond acceptors (Lipinski definition) is 3. The summed E-state index contributed by atoms with van der Waals surface area (Å²) in [4.78, 5) is 25.4. The summed E-state index contributed by atoms with van der Waals surface area (Å²) in [5.74, 6) is 0.151. The molecule has 2 aliphatic rings. The second kappa shape index (κ2) is 7.88. The van der Waals surface area contributed by atoms with E-state index in [1.165, 1.54) is 0 Å². The molecule has 1 aromatic rings. The predicted molar refractivity (Wildman–Crippen MR) is 98.4 cm³/mol. The van der Waals surface area contributed by atoms with Crippen molar-refractivity contribution >= 4 is 29.7 Å². The lowest BCUT2D eigenvalue weighted by Crippen LogP contribution is -2.51. The molecule has 0 aromatic heterocycles. The highest BCUT2D eigenvalue weighted by atomic mass is 32.2. The molecular weight excluding hydrogens is 320 g/mol. The summed E-state index contributed by atoms with van der Waals surface area (Å²) in [6.07, 6.45) is 5.52. The summed E-state index contributed by atoms with van der Waals surface area (Å²) in [6, 6.07) is 10.0. The Labute approximate surface area is 147 Å². The Morgan fingerprint density at radius 3 is 2.88 bits per heavy atom. The largest absolute Gasteiger partial charge is 0.356 e. The van der Waals surface area contributed by atoms with Gasteiger partial charge in [-0.05, 0) is 37.3 Å². The van der Waals surface area contributed by atoms with Crippen LogP contribution in [-0.2, 0) is 9.59 Å². The van der Waals surface area contributed by atoms with Crippen molar-refractivity contribution in [3.63, 3.8) is 0 Å². The standard InChI is InChI=1S/C19H24N2O2S/c1-2-10-20-18(22)14-8-9-16-15(12-14)21-19(23)17(24-16)11-13-6-4-3-5-7-13/h3-7,11,14-16H,2,8-10,12H2,1H3,(H,20,22)(H,21,23)/b17-11-. The average molecular weight is 344 g/mol. The van der Waals surface area contributed by atoms with E-state index in [0.717, 1.165) is 42.7 Å². The Morgan fingerprint density at radius 1 is 1.33 bits per heavy atom. The van der Waals surface area contributed by atoms with E-state index in [1.807, 2.05) is 36.4 Å². The van der Waals surface area contributed by atoms with Gasteiger partial charge in [-0.2, -0.15) is 0 Å². The van der Waals surface area contributed by atoms with Crippen molar-refractivity contribution in [3.8, 4) is 0 Å². The number of amides is 2. The van der Waals surface area contributed by atoms with Crippen molar-refractivity contribution < 1.29 is 9.59 Å². The fraction of sp³-hybridized carbons (Fsp3) is 0.474. The van der Waals surface area contributed by atoms with Crippen molar-refractivity contribution in [3.05, 3.63) is 40.8 Å². The summed E-state index contributed by atoms with van der Waals surface area (Å²) >= 11 is 1.67. The molecule has 3 atom stereocenters. The Balaban J connectivity index is 1.64. The van der Waals surface area contributed by atoms with E-state index in [-0.39, 0.29) is 23.8 Å². The lowest BCUT2D eigenvalue weighted by Gasteiger charge is -2.39. The molecule has 1 aliphatic heterocycles. The van der Waals surface area contributed by atoms with E-state index < -0.39 is 0 Å². The number of carbonyl (C=O) groups is 2. The molecule has 1 aromatic carbocycles. The highest BCUT2D eigenvalue weighted by molar-refractivity contribution is 8.04. The molecule has 128 valence electrons. The molecule has 0 bridgehead atoms. The zero-order valence-electron chi connectivity index (χ0n) is 14.0. The van der Waals surface area contributed by atoms with E-state index in [4.69, 9.17) is 0 Å². The van der Waals surface area contributed by atoms with Crippen LogP contribution in [0.5, 0.6) is 0 Å². The molecule has 1 saturated carbocycles. The molecule has 1 heterocycles. The lowest BCUT2D eigenvalue weighted by molar-refractivity contribution is -0.127. The van der Waals surface area contributed by atoms with Crippen molar-refractivity contribution in [2.75, 3.05) is 6.54 Å². The van der Waals surface area contributed by atoms with Crippen LogP contribution in [0, 0.1) is 5.92 Å². The van der Waals surface area contributed by atoms with Crippen molar-refractivity contribution in [1.82, 2.24) is 10.6 Å². The number of benzene rings is 1. The fourth-order valence-corrected chi connectivity index (χ4v) is 4.62. The fourth-order valence-electron chi connectivity index (χ4n) is 3.32. The van der Waals surface area contributed by atoms with Gasteiger partial charge in [0.25, 0.3) is 5.91 Å². The molecule has 0 radical (unpaired) electrons. The summed E-state index contributed by atoms with van der Waals surface area (Å²) in [5, 5.41) is 6.47. The van der Waals surface area contributed by atoms with E-state index in [2.05, 4.69) is 17.6 Å². The van der Waals surface area contributed by atoms with Crippen molar-refractivity contribution in [1.29, 1.82) is 0 Å². The average Bonchev–Trinajstić information content (AvgIpc) is 2.61. The molecule has 5 heteroatoms. The molecule has 1 aliphatic carbocycles. The SMILES string of the molecule is CCCNC(=O)C1CCC2S/C(=C\c3ccccc3)C(=O)NC2C1. The van der Waals surface area contributed by atoms with Gasteiger partial charge in [0.2, 0.25) is 5.91 Å². The Hall–Kier alpha value is -1.75. The molecule has 1 saturated heterocycles. The van der Waals surface area contributed by atoms with Gasteiger partial charge >= 0.3 is 0 Å². The van der Waals surface area contributed by atoms with Gasteiger partial charge in [-0.1, -0.05) is 37.3 Å². The quantitative estimate of drug-likeness (QED) is 0.826. The monoisotopic (exact) mass is 344 g/mol. The number of fused-ring (bicyclic) bond motifs is 1. The Kier molecular flexibility index (Phi) is 5.61. The molecule has 24 heavy (non-hydrogen) atoms. The van der Waals surface area contributed by atoms with Crippen LogP contribution < -0.4 is 10.6 Å². The zero-order valence-corrected chi connectivity index (χ0v) is 14.8. The van der Waals surface area contributed by atoms with Gasteiger partial charge in [0, 0.05) is 23.8 Å². The van der Waals surface area contributed by atoms with Crippen LogP contribution in [0.2, 0.25) is 0 Å².